The van der Waals surface area contributed by atoms with Crippen LogP contribution in [0.3, 0.4) is 0 Å². The van der Waals surface area contributed by atoms with E-state index in [0.29, 0.717) is 12.8 Å². The van der Waals surface area contributed by atoms with Gasteiger partial charge >= 0.3 is 5.97 Å². The highest BCUT2D eigenvalue weighted by Gasteiger charge is 2.36. The highest BCUT2D eigenvalue weighted by molar-refractivity contribution is 5.86. The van der Waals surface area contributed by atoms with Crippen molar-refractivity contribution in [3.63, 3.8) is 0 Å². The summed E-state index contributed by atoms with van der Waals surface area (Å²) in [4.78, 5) is 34.2. The molecular formula is C13H20N2O4. The predicted molar refractivity (Wildman–Crippen MR) is 69.0 cm³/mol. The van der Waals surface area contributed by atoms with Gasteiger partial charge in [-0.15, -0.1) is 0 Å². The molecule has 2 unspecified atom stereocenters. The molecule has 6 heteroatoms. The van der Waals surface area contributed by atoms with Crippen LogP contribution in [0.5, 0.6) is 0 Å². The van der Waals surface area contributed by atoms with E-state index in [-0.39, 0.29) is 12.3 Å². The van der Waals surface area contributed by atoms with Crippen LogP contribution in [-0.4, -0.2) is 28.4 Å². The molecule has 0 saturated heterocycles. The van der Waals surface area contributed by atoms with Crippen LogP contribution >= 0.6 is 0 Å². The third kappa shape index (κ3) is 4.39. The summed E-state index contributed by atoms with van der Waals surface area (Å²) >= 11 is 0. The maximum Gasteiger partial charge on any atom is 0.307 e. The van der Waals surface area contributed by atoms with Crippen molar-refractivity contribution in [1.82, 2.24) is 5.32 Å². The van der Waals surface area contributed by atoms with Crippen molar-refractivity contribution in [1.29, 1.82) is 0 Å². The zero-order chi connectivity index (χ0) is 14.6. The van der Waals surface area contributed by atoms with Gasteiger partial charge in [-0.05, 0) is 26.7 Å². The topological polar surface area (TPSA) is 109 Å². The lowest BCUT2D eigenvalue weighted by molar-refractivity contribution is -0.147. The highest BCUT2D eigenvalue weighted by Crippen LogP contribution is 2.26. The number of carboxylic acids is 1. The third-order valence-corrected chi connectivity index (χ3v) is 3.16. The minimum absolute atomic E-state index is 0.0129. The normalized spacial score (nSPS) is 22.8. The zero-order valence-electron chi connectivity index (χ0n) is 11.2. The van der Waals surface area contributed by atoms with Gasteiger partial charge in [-0.2, -0.15) is 0 Å². The lowest BCUT2D eigenvalue weighted by Gasteiger charge is -2.30. The maximum atomic E-state index is 12.1. The molecule has 0 aliphatic heterocycles. The molecule has 0 aromatic carbocycles. The summed E-state index contributed by atoms with van der Waals surface area (Å²) in [5, 5.41) is 11.8. The summed E-state index contributed by atoms with van der Waals surface area (Å²) in [5.74, 6) is -3.15. The number of primary amides is 1. The summed E-state index contributed by atoms with van der Waals surface area (Å²) in [6.45, 7) is 3.37. The van der Waals surface area contributed by atoms with Gasteiger partial charge in [0.2, 0.25) is 11.8 Å². The van der Waals surface area contributed by atoms with Crippen molar-refractivity contribution in [3.8, 4) is 0 Å². The predicted octanol–water partition coefficient (Wildman–Crippen LogP) is 0.424. The monoisotopic (exact) mass is 268 g/mol. The van der Waals surface area contributed by atoms with Gasteiger partial charge < -0.3 is 16.2 Å². The molecule has 1 aliphatic rings. The standard InChI is InChI=1S/C13H20N2O4/c1-13(2,7-10(14)16)15-11(17)8-5-3-4-6-9(8)12(18)19/h3-4,8-9H,5-7H2,1-2H3,(H2,14,16)(H,15,17)(H,18,19). The van der Waals surface area contributed by atoms with E-state index in [2.05, 4.69) is 5.32 Å². The molecule has 6 nitrogen and oxygen atoms in total. The highest BCUT2D eigenvalue weighted by atomic mass is 16.4. The molecule has 19 heavy (non-hydrogen) atoms. The van der Waals surface area contributed by atoms with Crippen LogP contribution in [0, 0.1) is 11.8 Å². The van der Waals surface area contributed by atoms with Gasteiger partial charge in [0.05, 0.1) is 11.8 Å². The molecule has 2 amide bonds. The molecule has 4 N–H and O–H groups in total. The number of carbonyl (C=O) groups excluding carboxylic acids is 2. The molecule has 0 aromatic rings. The fourth-order valence-corrected chi connectivity index (χ4v) is 2.28. The summed E-state index contributed by atoms with van der Waals surface area (Å²) in [7, 11) is 0. The molecule has 0 spiro atoms. The second kappa shape index (κ2) is 5.86. The summed E-state index contributed by atoms with van der Waals surface area (Å²) in [6.07, 6.45) is 4.35. The molecule has 0 fully saturated rings. The number of carboxylic acid groups (broad SMARTS) is 1. The van der Waals surface area contributed by atoms with Gasteiger partial charge in [-0.25, -0.2) is 0 Å². The quantitative estimate of drug-likeness (QED) is 0.628. The third-order valence-electron chi connectivity index (χ3n) is 3.16. The van der Waals surface area contributed by atoms with Crippen molar-refractivity contribution < 1.29 is 19.5 Å². The van der Waals surface area contributed by atoms with E-state index >= 15 is 0 Å². The van der Waals surface area contributed by atoms with Gasteiger partial charge in [0.25, 0.3) is 0 Å². The van der Waals surface area contributed by atoms with Gasteiger partial charge in [0.15, 0.2) is 0 Å². The summed E-state index contributed by atoms with van der Waals surface area (Å²) in [5.41, 5.74) is 4.34. The fraction of sp³-hybridized carbons (Fsp3) is 0.615. The van der Waals surface area contributed by atoms with Crippen molar-refractivity contribution in [2.24, 2.45) is 17.6 Å². The Morgan fingerprint density at radius 3 is 2.26 bits per heavy atom. The van der Waals surface area contributed by atoms with E-state index < -0.39 is 29.3 Å². The van der Waals surface area contributed by atoms with Crippen LogP contribution < -0.4 is 11.1 Å². The van der Waals surface area contributed by atoms with Crippen LogP contribution in [0.2, 0.25) is 0 Å². The van der Waals surface area contributed by atoms with E-state index in [1.807, 2.05) is 6.08 Å². The van der Waals surface area contributed by atoms with Crippen LogP contribution in [0.4, 0.5) is 0 Å². The number of nitrogens with one attached hydrogen (secondary N) is 1. The van der Waals surface area contributed by atoms with E-state index in [4.69, 9.17) is 10.8 Å². The Hall–Kier alpha value is -1.85. The Morgan fingerprint density at radius 2 is 1.79 bits per heavy atom. The minimum atomic E-state index is -0.975. The first-order valence-electron chi connectivity index (χ1n) is 6.21. The Labute approximate surface area is 112 Å². The largest absolute Gasteiger partial charge is 0.481 e. The molecule has 0 bridgehead atoms. The number of rotatable bonds is 5. The number of amides is 2. The van der Waals surface area contributed by atoms with Gasteiger partial charge in [-0.3, -0.25) is 14.4 Å². The number of hydrogen-bond acceptors (Lipinski definition) is 3. The van der Waals surface area contributed by atoms with Crippen LogP contribution in [0.15, 0.2) is 12.2 Å². The van der Waals surface area contributed by atoms with Gasteiger partial charge in [-0.1, -0.05) is 12.2 Å². The van der Waals surface area contributed by atoms with Gasteiger partial charge in [0, 0.05) is 12.0 Å². The second-order valence-electron chi connectivity index (χ2n) is 5.51. The Balaban J connectivity index is 2.73. The molecule has 0 radical (unpaired) electrons. The number of hydrogen-bond donors (Lipinski definition) is 3. The lowest BCUT2D eigenvalue weighted by atomic mass is 9.82. The fourth-order valence-electron chi connectivity index (χ4n) is 2.28. The molecule has 1 rings (SSSR count). The first-order chi connectivity index (χ1) is 8.73. The Kier molecular flexibility index (Phi) is 4.69. The van der Waals surface area contributed by atoms with E-state index in [1.165, 1.54) is 0 Å². The van der Waals surface area contributed by atoms with Crippen LogP contribution in [0.25, 0.3) is 0 Å². The molecule has 2 atom stereocenters. The average Bonchev–Trinajstić information content (AvgIpc) is 2.26. The van der Waals surface area contributed by atoms with Crippen LogP contribution in [0.1, 0.15) is 33.1 Å². The maximum absolute atomic E-state index is 12.1. The summed E-state index contributed by atoms with van der Waals surface area (Å²) in [6, 6.07) is 0. The Bertz CT molecular complexity index is 415. The molecule has 0 heterocycles. The minimum Gasteiger partial charge on any atom is -0.481 e. The molecule has 1 aliphatic carbocycles. The Morgan fingerprint density at radius 1 is 1.26 bits per heavy atom. The number of carbonyl (C=O) groups is 3. The van der Waals surface area contributed by atoms with E-state index in [0.717, 1.165) is 0 Å². The molecular weight excluding hydrogens is 248 g/mol. The zero-order valence-corrected chi connectivity index (χ0v) is 11.2. The number of aliphatic carboxylic acids is 1. The van der Waals surface area contributed by atoms with E-state index in [1.54, 1.807) is 19.9 Å². The first kappa shape index (κ1) is 15.2. The smallest absolute Gasteiger partial charge is 0.307 e. The average molecular weight is 268 g/mol. The second-order valence-corrected chi connectivity index (χ2v) is 5.51. The first-order valence-corrected chi connectivity index (χ1v) is 6.21. The number of allylic oxidation sites excluding steroid dienone is 2. The van der Waals surface area contributed by atoms with Crippen molar-refractivity contribution in [2.45, 2.75) is 38.6 Å². The summed E-state index contributed by atoms with van der Waals surface area (Å²) < 4.78 is 0. The van der Waals surface area contributed by atoms with Crippen molar-refractivity contribution in [2.75, 3.05) is 0 Å². The van der Waals surface area contributed by atoms with Crippen LogP contribution in [-0.2, 0) is 14.4 Å². The SMILES string of the molecule is CC(C)(CC(N)=O)NC(=O)C1CC=CCC1C(=O)O. The van der Waals surface area contributed by atoms with Crippen molar-refractivity contribution in [3.05, 3.63) is 12.2 Å². The van der Waals surface area contributed by atoms with Crippen molar-refractivity contribution >= 4 is 17.8 Å². The molecule has 106 valence electrons. The number of nitrogens with two attached hydrogens (primary N) is 1. The molecule has 0 saturated carbocycles. The van der Waals surface area contributed by atoms with E-state index in [9.17, 15) is 14.4 Å². The molecule has 0 aromatic heterocycles. The van der Waals surface area contributed by atoms with Gasteiger partial charge in [0.1, 0.15) is 0 Å². The lowest BCUT2D eigenvalue weighted by Crippen LogP contribution is -2.50.